The van der Waals surface area contributed by atoms with Crippen LogP contribution >= 0.6 is 11.3 Å². The number of likely N-dealkylation sites (tertiary alicyclic amines) is 1. The van der Waals surface area contributed by atoms with Crippen molar-refractivity contribution in [3.8, 4) is 10.4 Å². The highest BCUT2D eigenvalue weighted by atomic mass is 32.1. The van der Waals surface area contributed by atoms with Crippen molar-refractivity contribution in [2.45, 2.75) is 26.7 Å². The van der Waals surface area contributed by atoms with Gasteiger partial charge in [0.15, 0.2) is 0 Å². The minimum atomic E-state index is -0.617. The molecule has 1 atom stereocenters. The molecule has 1 fully saturated rings. The first-order valence-corrected chi connectivity index (χ1v) is 11.1. The summed E-state index contributed by atoms with van der Waals surface area (Å²) >= 11 is 1.71. The molecule has 7 heteroatoms. The van der Waals surface area contributed by atoms with E-state index in [4.69, 9.17) is 0 Å². The second-order valence-corrected chi connectivity index (χ2v) is 8.82. The highest BCUT2D eigenvalue weighted by molar-refractivity contribution is 7.13. The molecule has 6 nitrogen and oxygen atoms in total. The Morgan fingerprint density at radius 1 is 1.27 bits per heavy atom. The van der Waals surface area contributed by atoms with Gasteiger partial charge in [0.05, 0.1) is 17.2 Å². The van der Waals surface area contributed by atoms with E-state index in [0.29, 0.717) is 38.0 Å². The SMILES string of the molecule is CCNC(=O)[C@]1(Cc2ccc(-c3cccs3)cc2)CCN(C(=O)c2cn[nH]c2C)C1. The molecule has 0 saturated carbocycles. The van der Waals surface area contributed by atoms with Crippen molar-refractivity contribution in [1.29, 1.82) is 0 Å². The number of carbonyl (C=O) groups excluding carboxylic acids is 2. The molecule has 1 aliphatic heterocycles. The van der Waals surface area contributed by atoms with Crippen molar-refractivity contribution in [2.75, 3.05) is 19.6 Å². The number of nitrogens with zero attached hydrogens (tertiary/aromatic N) is 2. The second kappa shape index (κ2) is 8.44. The van der Waals surface area contributed by atoms with E-state index < -0.39 is 5.41 Å². The standard InChI is InChI=1S/C23H26N4O2S/c1-3-24-22(29)23(10-11-27(15-23)21(28)19-14-25-26-16(19)2)13-17-6-8-18(9-7-17)20-5-4-12-30-20/h4-9,12,14H,3,10-11,13,15H2,1-2H3,(H,24,29)(H,25,26)/t23-/m0/s1. The molecule has 0 aliphatic carbocycles. The summed E-state index contributed by atoms with van der Waals surface area (Å²) in [5, 5.41) is 11.8. The Labute approximate surface area is 180 Å². The van der Waals surface area contributed by atoms with Crippen molar-refractivity contribution in [3.05, 3.63) is 64.8 Å². The van der Waals surface area contributed by atoms with Gasteiger partial charge in [-0.05, 0) is 49.3 Å². The summed E-state index contributed by atoms with van der Waals surface area (Å²) in [6.45, 7) is 5.31. The fourth-order valence-corrected chi connectivity index (χ4v) is 4.89. The fraction of sp³-hybridized carbons (Fsp3) is 0.348. The number of aromatic amines is 1. The van der Waals surface area contributed by atoms with Gasteiger partial charge in [0.25, 0.3) is 5.91 Å². The lowest BCUT2D eigenvalue weighted by molar-refractivity contribution is -0.130. The number of rotatable bonds is 6. The van der Waals surface area contributed by atoms with Crippen LogP contribution in [0.15, 0.2) is 48.0 Å². The minimum absolute atomic E-state index is 0.0200. The highest BCUT2D eigenvalue weighted by Crippen LogP contribution is 2.36. The van der Waals surface area contributed by atoms with Crippen LogP contribution in [0.1, 0.15) is 35.0 Å². The van der Waals surface area contributed by atoms with E-state index in [9.17, 15) is 9.59 Å². The van der Waals surface area contributed by atoms with Crippen LogP contribution in [0.25, 0.3) is 10.4 Å². The van der Waals surface area contributed by atoms with Gasteiger partial charge in [-0.15, -0.1) is 11.3 Å². The van der Waals surface area contributed by atoms with Crippen molar-refractivity contribution >= 4 is 23.2 Å². The van der Waals surface area contributed by atoms with Crippen LogP contribution in [0.5, 0.6) is 0 Å². The molecule has 30 heavy (non-hydrogen) atoms. The van der Waals surface area contributed by atoms with Gasteiger partial charge < -0.3 is 10.2 Å². The Hall–Kier alpha value is -2.93. The number of thiophene rings is 1. The monoisotopic (exact) mass is 422 g/mol. The molecule has 4 rings (SSSR count). The Morgan fingerprint density at radius 3 is 2.70 bits per heavy atom. The Balaban J connectivity index is 1.55. The third-order valence-corrected chi connectivity index (χ3v) is 6.74. The summed E-state index contributed by atoms with van der Waals surface area (Å²) < 4.78 is 0. The molecule has 3 aromatic rings. The zero-order valence-electron chi connectivity index (χ0n) is 17.3. The maximum Gasteiger partial charge on any atom is 0.257 e. The van der Waals surface area contributed by atoms with Crippen LogP contribution < -0.4 is 5.32 Å². The normalized spacial score (nSPS) is 18.5. The smallest absolute Gasteiger partial charge is 0.257 e. The summed E-state index contributed by atoms with van der Waals surface area (Å²) in [7, 11) is 0. The molecule has 0 spiro atoms. The number of H-pyrrole nitrogens is 1. The van der Waals surface area contributed by atoms with Crippen LogP contribution in [0.2, 0.25) is 0 Å². The van der Waals surface area contributed by atoms with E-state index in [1.807, 2.05) is 19.9 Å². The molecule has 156 valence electrons. The predicted octanol–water partition coefficient (Wildman–Crippen LogP) is 3.66. The minimum Gasteiger partial charge on any atom is -0.356 e. The molecular weight excluding hydrogens is 396 g/mol. The maximum absolute atomic E-state index is 13.1. The summed E-state index contributed by atoms with van der Waals surface area (Å²) in [4.78, 5) is 29.1. The zero-order valence-corrected chi connectivity index (χ0v) is 18.1. The second-order valence-electron chi connectivity index (χ2n) is 7.88. The highest BCUT2D eigenvalue weighted by Gasteiger charge is 2.46. The first-order chi connectivity index (χ1) is 14.5. The van der Waals surface area contributed by atoms with E-state index in [0.717, 1.165) is 11.3 Å². The third kappa shape index (κ3) is 3.89. The first-order valence-electron chi connectivity index (χ1n) is 10.2. The summed E-state index contributed by atoms with van der Waals surface area (Å²) in [5.41, 5.74) is 2.99. The molecular formula is C23H26N4O2S. The topological polar surface area (TPSA) is 78.1 Å². The van der Waals surface area contributed by atoms with Crippen LogP contribution in [0.3, 0.4) is 0 Å². The lowest BCUT2D eigenvalue weighted by Gasteiger charge is -2.28. The zero-order chi connectivity index (χ0) is 21.1. The average Bonchev–Trinajstić information content (AvgIpc) is 3.50. The Morgan fingerprint density at radius 2 is 2.07 bits per heavy atom. The lowest BCUT2D eigenvalue weighted by atomic mass is 9.79. The fourth-order valence-electron chi connectivity index (χ4n) is 4.16. The van der Waals surface area contributed by atoms with E-state index in [-0.39, 0.29) is 11.8 Å². The largest absolute Gasteiger partial charge is 0.356 e. The number of hydrogen-bond donors (Lipinski definition) is 2. The van der Waals surface area contributed by atoms with Gasteiger partial charge in [-0.3, -0.25) is 14.7 Å². The molecule has 0 radical (unpaired) electrons. The number of amides is 2. The van der Waals surface area contributed by atoms with Crippen molar-refractivity contribution in [3.63, 3.8) is 0 Å². The van der Waals surface area contributed by atoms with Gasteiger partial charge in [-0.25, -0.2) is 0 Å². The lowest BCUT2D eigenvalue weighted by Crippen LogP contribution is -2.45. The van der Waals surface area contributed by atoms with Gasteiger partial charge in [0, 0.05) is 30.2 Å². The molecule has 0 unspecified atom stereocenters. The average molecular weight is 423 g/mol. The summed E-state index contributed by atoms with van der Waals surface area (Å²) in [6, 6.07) is 12.6. The summed E-state index contributed by atoms with van der Waals surface area (Å²) in [6.07, 6.45) is 2.82. The number of carbonyl (C=O) groups is 2. The van der Waals surface area contributed by atoms with Crippen LogP contribution in [-0.2, 0) is 11.2 Å². The van der Waals surface area contributed by atoms with Gasteiger partial charge in [-0.1, -0.05) is 30.3 Å². The van der Waals surface area contributed by atoms with E-state index in [1.165, 1.54) is 10.4 Å². The Kier molecular flexibility index (Phi) is 5.72. The molecule has 1 saturated heterocycles. The van der Waals surface area contributed by atoms with E-state index in [2.05, 4.69) is 51.2 Å². The van der Waals surface area contributed by atoms with Gasteiger partial charge >= 0.3 is 0 Å². The van der Waals surface area contributed by atoms with Crippen molar-refractivity contribution < 1.29 is 9.59 Å². The number of benzene rings is 1. The molecule has 3 heterocycles. The van der Waals surface area contributed by atoms with Gasteiger partial charge in [0.1, 0.15) is 0 Å². The molecule has 2 aromatic heterocycles. The number of aryl methyl sites for hydroxylation is 1. The Bertz CT molecular complexity index is 1030. The quantitative estimate of drug-likeness (QED) is 0.636. The third-order valence-electron chi connectivity index (χ3n) is 5.82. The molecule has 1 aromatic carbocycles. The van der Waals surface area contributed by atoms with Crippen LogP contribution in [-0.4, -0.2) is 46.5 Å². The van der Waals surface area contributed by atoms with Gasteiger partial charge in [-0.2, -0.15) is 5.10 Å². The van der Waals surface area contributed by atoms with E-state index >= 15 is 0 Å². The molecule has 2 amide bonds. The number of nitrogens with one attached hydrogen (secondary N) is 2. The predicted molar refractivity (Wildman–Crippen MR) is 118 cm³/mol. The number of hydrogen-bond acceptors (Lipinski definition) is 4. The van der Waals surface area contributed by atoms with Crippen LogP contribution in [0.4, 0.5) is 0 Å². The van der Waals surface area contributed by atoms with Crippen molar-refractivity contribution in [1.82, 2.24) is 20.4 Å². The van der Waals surface area contributed by atoms with Crippen molar-refractivity contribution in [2.24, 2.45) is 5.41 Å². The maximum atomic E-state index is 13.1. The van der Waals surface area contributed by atoms with Gasteiger partial charge in [0.2, 0.25) is 5.91 Å². The first kappa shape index (κ1) is 20.3. The number of aromatic nitrogens is 2. The van der Waals surface area contributed by atoms with Crippen LogP contribution in [0, 0.1) is 12.3 Å². The molecule has 0 bridgehead atoms. The molecule has 2 N–H and O–H groups in total. The molecule has 1 aliphatic rings. The summed E-state index contributed by atoms with van der Waals surface area (Å²) in [5.74, 6) is -0.0491. The van der Waals surface area contributed by atoms with E-state index in [1.54, 1.807) is 22.4 Å².